The monoisotopic (exact) mass is 443 g/mol. The molecule has 7 nitrogen and oxygen atoms in total. The number of sulfone groups is 1. The molecule has 0 radical (unpaired) electrons. The molecule has 1 aliphatic heterocycles. The first-order valence-electron chi connectivity index (χ1n) is 9.83. The first-order chi connectivity index (χ1) is 14.8. The van der Waals surface area contributed by atoms with Gasteiger partial charge in [-0.2, -0.15) is 0 Å². The molecule has 1 atom stereocenters. The fourth-order valence-electron chi connectivity index (χ4n) is 3.37. The highest BCUT2D eigenvalue weighted by atomic mass is 32.2. The number of hydrogen-bond donors (Lipinski definition) is 0. The summed E-state index contributed by atoms with van der Waals surface area (Å²) in [6, 6.07) is 15.9. The Bertz CT molecular complexity index is 1080. The fourth-order valence-corrected chi connectivity index (χ4v) is 5.14. The molecule has 164 valence electrons. The number of hydrogen-bond acceptors (Lipinski definition) is 6. The Kier molecular flexibility index (Phi) is 7.12. The fraction of sp³-hybridized carbons (Fsp3) is 0.304. The summed E-state index contributed by atoms with van der Waals surface area (Å²) in [5.41, 5.74) is 1.69. The van der Waals surface area contributed by atoms with Crippen molar-refractivity contribution < 1.29 is 27.5 Å². The van der Waals surface area contributed by atoms with E-state index in [0.717, 1.165) is 5.56 Å². The molecule has 0 aliphatic carbocycles. The normalized spacial score (nSPS) is 17.7. The van der Waals surface area contributed by atoms with Crippen LogP contribution in [0.25, 0.3) is 11.6 Å². The Morgan fingerprint density at radius 3 is 2.52 bits per heavy atom. The molecular weight excluding hydrogens is 418 g/mol. The van der Waals surface area contributed by atoms with Gasteiger partial charge in [0, 0.05) is 13.1 Å². The number of likely N-dealkylation sites (N-methyl/N-ethyl adjacent to an activating group) is 1. The van der Waals surface area contributed by atoms with Gasteiger partial charge in [0.1, 0.15) is 5.75 Å². The topological polar surface area (TPSA) is 90.0 Å². The molecule has 2 aromatic rings. The van der Waals surface area contributed by atoms with Crippen LogP contribution in [0.1, 0.15) is 17.5 Å². The summed E-state index contributed by atoms with van der Waals surface area (Å²) in [5.74, 6) is -0.429. The zero-order valence-corrected chi connectivity index (χ0v) is 18.3. The van der Waals surface area contributed by atoms with Crippen LogP contribution >= 0.6 is 0 Å². The number of ether oxygens (including phenoxy) is 2. The van der Waals surface area contributed by atoms with Gasteiger partial charge >= 0.3 is 5.97 Å². The van der Waals surface area contributed by atoms with Gasteiger partial charge in [0.2, 0.25) is 0 Å². The lowest BCUT2D eigenvalue weighted by atomic mass is 10.0. The second-order valence-corrected chi connectivity index (χ2v) is 9.57. The van der Waals surface area contributed by atoms with Crippen molar-refractivity contribution in [3.05, 3.63) is 65.7 Å². The predicted molar refractivity (Wildman–Crippen MR) is 118 cm³/mol. The highest BCUT2D eigenvalue weighted by Gasteiger charge is 2.33. The third-order valence-electron chi connectivity index (χ3n) is 5.19. The minimum atomic E-state index is -3.12. The molecule has 0 saturated carbocycles. The number of methoxy groups -OCH3 is 1. The molecule has 2 aromatic carbocycles. The van der Waals surface area contributed by atoms with Crippen molar-refractivity contribution in [1.29, 1.82) is 0 Å². The number of benzene rings is 2. The predicted octanol–water partition coefficient (Wildman–Crippen LogP) is 2.42. The Morgan fingerprint density at radius 1 is 1.13 bits per heavy atom. The number of esters is 1. The van der Waals surface area contributed by atoms with Crippen LogP contribution < -0.4 is 4.74 Å². The van der Waals surface area contributed by atoms with Gasteiger partial charge in [0.05, 0.1) is 24.2 Å². The third-order valence-corrected chi connectivity index (χ3v) is 6.94. The van der Waals surface area contributed by atoms with E-state index in [1.54, 1.807) is 37.5 Å². The largest absolute Gasteiger partial charge is 0.497 e. The summed E-state index contributed by atoms with van der Waals surface area (Å²) < 4.78 is 33.9. The average molecular weight is 444 g/mol. The van der Waals surface area contributed by atoms with Crippen molar-refractivity contribution >= 4 is 33.4 Å². The maximum atomic E-state index is 12.9. The summed E-state index contributed by atoms with van der Waals surface area (Å²) in [6.45, 7) is -0.464. The lowest BCUT2D eigenvalue weighted by Crippen LogP contribution is -2.40. The van der Waals surface area contributed by atoms with Gasteiger partial charge in [-0.05, 0) is 35.8 Å². The van der Waals surface area contributed by atoms with Crippen molar-refractivity contribution in [2.45, 2.75) is 12.5 Å². The number of amides is 1. The molecule has 1 aliphatic rings. The zero-order chi connectivity index (χ0) is 22.4. The standard InChI is InChI=1S/C23H25NO6S/c1-24(19-11-12-31(27,28)16-19)22(25)15-30-23(26)21(18-8-4-3-5-9-18)14-17-7-6-10-20(13-17)29-2/h3-10,13-14,19H,11-12,15-16H2,1-2H3. The van der Waals surface area contributed by atoms with Crippen LogP contribution in [0.15, 0.2) is 54.6 Å². The van der Waals surface area contributed by atoms with Crippen molar-refractivity contribution in [1.82, 2.24) is 4.90 Å². The van der Waals surface area contributed by atoms with Gasteiger partial charge < -0.3 is 14.4 Å². The molecule has 1 unspecified atom stereocenters. The first kappa shape index (κ1) is 22.6. The zero-order valence-electron chi connectivity index (χ0n) is 17.5. The van der Waals surface area contributed by atoms with Crippen molar-refractivity contribution in [3.63, 3.8) is 0 Å². The van der Waals surface area contributed by atoms with Crippen LogP contribution in [0.4, 0.5) is 0 Å². The number of nitrogens with zero attached hydrogens (tertiary/aromatic N) is 1. The van der Waals surface area contributed by atoms with E-state index in [1.165, 1.54) is 11.9 Å². The van der Waals surface area contributed by atoms with Gasteiger partial charge in [-0.1, -0.05) is 42.5 Å². The number of carbonyl (C=O) groups is 2. The van der Waals surface area contributed by atoms with Crippen LogP contribution in [-0.2, 0) is 24.2 Å². The summed E-state index contributed by atoms with van der Waals surface area (Å²) in [4.78, 5) is 26.7. The maximum absolute atomic E-state index is 12.9. The molecule has 0 bridgehead atoms. The lowest BCUT2D eigenvalue weighted by Gasteiger charge is -2.23. The van der Waals surface area contributed by atoms with Crippen LogP contribution in [0.5, 0.6) is 5.75 Å². The molecule has 1 heterocycles. The summed E-state index contributed by atoms with van der Waals surface area (Å²) in [5, 5.41) is 0. The van der Waals surface area contributed by atoms with E-state index >= 15 is 0 Å². The van der Waals surface area contributed by atoms with Gasteiger partial charge in [-0.3, -0.25) is 4.79 Å². The van der Waals surface area contributed by atoms with E-state index in [9.17, 15) is 18.0 Å². The molecular formula is C23H25NO6S. The maximum Gasteiger partial charge on any atom is 0.339 e. The first-order valence-corrected chi connectivity index (χ1v) is 11.7. The van der Waals surface area contributed by atoms with Gasteiger partial charge in [0.25, 0.3) is 5.91 Å². The van der Waals surface area contributed by atoms with Crippen LogP contribution in [0.2, 0.25) is 0 Å². The molecule has 0 N–H and O–H groups in total. The smallest absolute Gasteiger partial charge is 0.339 e. The summed E-state index contributed by atoms with van der Waals surface area (Å²) in [7, 11) is -0.0201. The second kappa shape index (κ2) is 9.78. The van der Waals surface area contributed by atoms with E-state index in [4.69, 9.17) is 9.47 Å². The molecule has 3 rings (SSSR count). The molecule has 0 spiro atoms. The quantitative estimate of drug-likeness (QED) is 0.371. The summed E-state index contributed by atoms with van der Waals surface area (Å²) in [6.07, 6.45) is 2.07. The molecule has 31 heavy (non-hydrogen) atoms. The SMILES string of the molecule is COc1cccc(C=C(C(=O)OCC(=O)N(C)C2CCS(=O)(=O)C2)c2ccccc2)c1. The molecule has 1 fully saturated rings. The van der Waals surface area contributed by atoms with Crippen molar-refractivity contribution in [2.24, 2.45) is 0 Å². The van der Waals surface area contributed by atoms with Gasteiger partial charge in [0.15, 0.2) is 16.4 Å². The molecule has 1 amide bonds. The van der Waals surface area contributed by atoms with E-state index in [2.05, 4.69) is 0 Å². The Balaban J connectivity index is 1.74. The van der Waals surface area contributed by atoms with Crippen LogP contribution in [-0.4, -0.2) is 63.5 Å². The lowest BCUT2D eigenvalue weighted by molar-refractivity contribution is -0.147. The van der Waals surface area contributed by atoms with E-state index in [0.29, 0.717) is 23.3 Å². The van der Waals surface area contributed by atoms with Crippen LogP contribution in [0, 0.1) is 0 Å². The van der Waals surface area contributed by atoms with E-state index in [1.807, 2.05) is 30.3 Å². The van der Waals surface area contributed by atoms with Gasteiger partial charge in [-0.15, -0.1) is 0 Å². The van der Waals surface area contributed by atoms with Gasteiger partial charge in [-0.25, -0.2) is 13.2 Å². The Morgan fingerprint density at radius 2 is 1.87 bits per heavy atom. The number of rotatable bonds is 7. The van der Waals surface area contributed by atoms with Crippen molar-refractivity contribution in [3.8, 4) is 5.75 Å². The summed E-state index contributed by atoms with van der Waals surface area (Å²) >= 11 is 0. The molecule has 8 heteroatoms. The molecule has 0 aromatic heterocycles. The minimum absolute atomic E-state index is 0.0613. The van der Waals surface area contributed by atoms with E-state index < -0.39 is 34.4 Å². The van der Waals surface area contributed by atoms with E-state index in [-0.39, 0.29) is 11.5 Å². The average Bonchev–Trinajstić information content (AvgIpc) is 3.15. The third kappa shape index (κ3) is 5.95. The highest BCUT2D eigenvalue weighted by Crippen LogP contribution is 2.22. The Hall–Kier alpha value is -3.13. The van der Waals surface area contributed by atoms with Crippen molar-refractivity contribution in [2.75, 3.05) is 32.3 Å². The highest BCUT2D eigenvalue weighted by molar-refractivity contribution is 7.91. The minimum Gasteiger partial charge on any atom is -0.497 e. The second-order valence-electron chi connectivity index (χ2n) is 7.34. The molecule has 1 saturated heterocycles. The Labute approximate surface area is 182 Å². The van der Waals surface area contributed by atoms with Crippen LogP contribution in [0.3, 0.4) is 0 Å². The number of carbonyl (C=O) groups excluding carboxylic acids is 2.